The Labute approximate surface area is 109 Å². The highest BCUT2D eigenvalue weighted by molar-refractivity contribution is 6.34. The van der Waals surface area contributed by atoms with Crippen LogP contribution in [-0.4, -0.2) is 14.5 Å². The van der Waals surface area contributed by atoms with Crippen molar-refractivity contribution in [1.29, 1.82) is 0 Å². The van der Waals surface area contributed by atoms with Crippen LogP contribution in [0.15, 0.2) is 36.7 Å². The van der Waals surface area contributed by atoms with Crippen molar-refractivity contribution in [2.75, 3.05) is 5.73 Å². The maximum absolute atomic E-state index is 6.07. The SMILES string of the molecule is Cn1c(-c2ccc(N)cc2)cc2c(Cl)ncnc21. The van der Waals surface area contributed by atoms with Crippen molar-refractivity contribution in [3.8, 4) is 11.3 Å². The highest BCUT2D eigenvalue weighted by atomic mass is 35.5. The normalized spacial score (nSPS) is 11.0. The van der Waals surface area contributed by atoms with E-state index in [0.717, 1.165) is 28.0 Å². The van der Waals surface area contributed by atoms with Gasteiger partial charge in [0.2, 0.25) is 0 Å². The van der Waals surface area contributed by atoms with E-state index in [-0.39, 0.29) is 0 Å². The molecule has 0 radical (unpaired) electrons. The molecule has 18 heavy (non-hydrogen) atoms. The maximum Gasteiger partial charge on any atom is 0.145 e. The van der Waals surface area contributed by atoms with Crippen molar-refractivity contribution in [3.05, 3.63) is 41.8 Å². The molecule has 0 bridgehead atoms. The van der Waals surface area contributed by atoms with Gasteiger partial charge in [-0.3, -0.25) is 0 Å². The molecule has 0 saturated carbocycles. The van der Waals surface area contributed by atoms with E-state index in [9.17, 15) is 0 Å². The molecule has 0 amide bonds. The minimum Gasteiger partial charge on any atom is -0.399 e. The summed E-state index contributed by atoms with van der Waals surface area (Å²) < 4.78 is 1.99. The van der Waals surface area contributed by atoms with Gasteiger partial charge in [0.05, 0.1) is 11.1 Å². The number of nitrogens with zero attached hydrogens (tertiary/aromatic N) is 3. The molecule has 0 unspecified atom stereocenters. The number of rotatable bonds is 1. The van der Waals surface area contributed by atoms with Crippen molar-refractivity contribution in [2.24, 2.45) is 7.05 Å². The molecule has 2 aromatic heterocycles. The lowest BCUT2D eigenvalue weighted by Crippen LogP contribution is -1.93. The van der Waals surface area contributed by atoms with Gasteiger partial charge in [0.1, 0.15) is 17.1 Å². The van der Waals surface area contributed by atoms with Crippen molar-refractivity contribution < 1.29 is 0 Å². The molecular formula is C13H11ClN4. The van der Waals surface area contributed by atoms with Crippen LogP contribution in [0.5, 0.6) is 0 Å². The Kier molecular flexibility index (Phi) is 2.45. The first-order chi connectivity index (χ1) is 8.66. The Hall–Kier alpha value is -2.07. The van der Waals surface area contributed by atoms with Gasteiger partial charge in [0.15, 0.2) is 0 Å². The van der Waals surface area contributed by atoms with Crippen molar-refractivity contribution in [2.45, 2.75) is 0 Å². The largest absolute Gasteiger partial charge is 0.399 e. The maximum atomic E-state index is 6.07. The average molecular weight is 259 g/mol. The standard InChI is InChI=1S/C13H11ClN4/c1-18-11(8-2-4-9(15)5-3-8)6-10-12(14)16-7-17-13(10)18/h2-7H,15H2,1H3. The van der Waals surface area contributed by atoms with Gasteiger partial charge < -0.3 is 10.3 Å². The Morgan fingerprint density at radius 3 is 2.56 bits per heavy atom. The summed E-state index contributed by atoms with van der Waals surface area (Å²) in [6, 6.07) is 9.69. The molecular weight excluding hydrogens is 248 g/mol. The minimum absolute atomic E-state index is 0.470. The number of nitrogen functional groups attached to an aromatic ring is 1. The summed E-state index contributed by atoms with van der Waals surface area (Å²) in [7, 11) is 1.96. The quantitative estimate of drug-likeness (QED) is 0.539. The molecule has 2 heterocycles. The number of aromatic nitrogens is 3. The summed E-state index contributed by atoms with van der Waals surface area (Å²) in [6.07, 6.45) is 1.47. The van der Waals surface area contributed by atoms with E-state index in [1.54, 1.807) is 0 Å². The van der Waals surface area contributed by atoms with Crippen LogP contribution < -0.4 is 5.73 Å². The van der Waals surface area contributed by atoms with Crippen LogP contribution in [0.2, 0.25) is 5.15 Å². The molecule has 2 N–H and O–H groups in total. The lowest BCUT2D eigenvalue weighted by atomic mass is 10.1. The molecule has 0 spiro atoms. The smallest absolute Gasteiger partial charge is 0.145 e. The number of aryl methyl sites for hydroxylation is 1. The highest BCUT2D eigenvalue weighted by Crippen LogP contribution is 2.29. The van der Waals surface area contributed by atoms with E-state index >= 15 is 0 Å². The molecule has 0 fully saturated rings. The molecule has 1 aromatic carbocycles. The van der Waals surface area contributed by atoms with Gasteiger partial charge in [-0.1, -0.05) is 23.7 Å². The number of halogens is 1. The minimum atomic E-state index is 0.470. The van der Waals surface area contributed by atoms with E-state index in [2.05, 4.69) is 9.97 Å². The highest BCUT2D eigenvalue weighted by Gasteiger charge is 2.11. The molecule has 0 aliphatic heterocycles. The zero-order chi connectivity index (χ0) is 12.7. The van der Waals surface area contributed by atoms with E-state index < -0.39 is 0 Å². The summed E-state index contributed by atoms with van der Waals surface area (Å²) in [4.78, 5) is 8.24. The number of hydrogen-bond acceptors (Lipinski definition) is 3. The third kappa shape index (κ3) is 1.62. The predicted molar refractivity (Wildman–Crippen MR) is 73.4 cm³/mol. The molecule has 4 nitrogen and oxygen atoms in total. The first-order valence-corrected chi connectivity index (χ1v) is 5.86. The van der Waals surface area contributed by atoms with Gasteiger partial charge in [-0.25, -0.2) is 9.97 Å². The Morgan fingerprint density at radius 2 is 1.89 bits per heavy atom. The molecule has 5 heteroatoms. The van der Waals surface area contributed by atoms with E-state index in [1.807, 2.05) is 41.9 Å². The van der Waals surface area contributed by atoms with Gasteiger partial charge in [0.25, 0.3) is 0 Å². The molecule has 0 aliphatic rings. The zero-order valence-corrected chi connectivity index (χ0v) is 10.5. The summed E-state index contributed by atoms with van der Waals surface area (Å²) in [5.74, 6) is 0. The molecule has 90 valence electrons. The Morgan fingerprint density at radius 1 is 1.17 bits per heavy atom. The number of nitrogens with two attached hydrogens (primary N) is 1. The Balaban J connectivity index is 2.27. The first kappa shape index (κ1) is 11.0. The topological polar surface area (TPSA) is 56.7 Å². The number of benzene rings is 1. The fourth-order valence-corrected chi connectivity index (χ4v) is 2.22. The number of fused-ring (bicyclic) bond motifs is 1. The summed E-state index contributed by atoms with van der Waals surface area (Å²) in [5, 5.41) is 1.32. The second-order valence-corrected chi connectivity index (χ2v) is 4.47. The Bertz CT molecular complexity index is 716. The number of anilines is 1. The zero-order valence-electron chi connectivity index (χ0n) is 9.76. The van der Waals surface area contributed by atoms with Gasteiger partial charge in [0, 0.05) is 12.7 Å². The molecule has 0 aliphatic carbocycles. The molecule has 3 rings (SSSR count). The summed E-state index contributed by atoms with van der Waals surface area (Å²) in [6.45, 7) is 0. The van der Waals surface area contributed by atoms with Crippen LogP contribution in [0, 0.1) is 0 Å². The first-order valence-electron chi connectivity index (χ1n) is 5.48. The lowest BCUT2D eigenvalue weighted by molar-refractivity contribution is 0.952. The van der Waals surface area contributed by atoms with Gasteiger partial charge in [-0.05, 0) is 23.8 Å². The second kappa shape index (κ2) is 3.99. The van der Waals surface area contributed by atoms with Crippen LogP contribution in [0.3, 0.4) is 0 Å². The van der Waals surface area contributed by atoms with Crippen molar-refractivity contribution in [1.82, 2.24) is 14.5 Å². The van der Waals surface area contributed by atoms with Crippen LogP contribution in [0.25, 0.3) is 22.3 Å². The summed E-state index contributed by atoms with van der Waals surface area (Å²) >= 11 is 6.07. The fraction of sp³-hybridized carbons (Fsp3) is 0.0769. The molecule has 0 atom stereocenters. The van der Waals surface area contributed by atoms with Crippen molar-refractivity contribution >= 4 is 28.3 Å². The number of hydrogen-bond donors (Lipinski definition) is 1. The molecule has 3 aromatic rings. The molecule has 0 saturated heterocycles. The second-order valence-electron chi connectivity index (χ2n) is 4.11. The summed E-state index contributed by atoms with van der Waals surface area (Å²) in [5.41, 5.74) is 9.36. The van der Waals surface area contributed by atoms with Crippen molar-refractivity contribution in [3.63, 3.8) is 0 Å². The van der Waals surface area contributed by atoms with Crippen LogP contribution in [0.1, 0.15) is 0 Å². The van der Waals surface area contributed by atoms with Gasteiger partial charge in [-0.15, -0.1) is 0 Å². The van der Waals surface area contributed by atoms with E-state index in [4.69, 9.17) is 17.3 Å². The predicted octanol–water partition coefficient (Wildman–Crippen LogP) is 2.87. The van der Waals surface area contributed by atoms with Crippen LogP contribution in [0.4, 0.5) is 5.69 Å². The van der Waals surface area contributed by atoms with Gasteiger partial charge >= 0.3 is 0 Å². The third-order valence-corrected chi connectivity index (χ3v) is 3.28. The average Bonchev–Trinajstić information content (AvgIpc) is 2.70. The fourth-order valence-electron chi connectivity index (χ4n) is 2.04. The van der Waals surface area contributed by atoms with Crippen LogP contribution >= 0.6 is 11.6 Å². The van der Waals surface area contributed by atoms with Crippen LogP contribution in [-0.2, 0) is 7.05 Å². The van der Waals surface area contributed by atoms with E-state index in [1.165, 1.54) is 6.33 Å². The third-order valence-electron chi connectivity index (χ3n) is 2.98. The van der Waals surface area contributed by atoms with E-state index in [0.29, 0.717) is 5.15 Å². The van der Waals surface area contributed by atoms with Gasteiger partial charge in [-0.2, -0.15) is 0 Å². The lowest BCUT2D eigenvalue weighted by Gasteiger charge is -2.04. The monoisotopic (exact) mass is 258 g/mol.